The van der Waals surface area contributed by atoms with Gasteiger partial charge in [-0.3, -0.25) is 19.3 Å². The van der Waals surface area contributed by atoms with Crippen molar-refractivity contribution >= 4 is 23.8 Å². The first-order valence-electron chi connectivity index (χ1n) is 7.98. The summed E-state index contributed by atoms with van der Waals surface area (Å²) < 4.78 is 0. The molecule has 0 unspecified atom stereocenters. The number of rotatable bonds is 6. The number of hydrogen-bond acceptors (Lipinski definition) is 4. The monoisotopic (exact) mass is 329 g/mol. The van der Waals surface area contributed by atoms with Crippen LogP contribution in [0.25, 0.3) is 0 Å². The van der Waals surface area contributed by atoms with E-state index in [1.807, 2.05) is 13.0 Å². The Morgan fingerprint density at radius 2 is 1.75 bits per heavy atom. The van der Waals surface area contributed by atoms with Gasteiger partial charge in [0, 0.05) is 6.04 Å². The number of benzene rings is 1. The Morgan fingerprint density at radius 1 is 1.12 bits per heavy atom. The zero-order valence-corrected chi connectivity index (χ0v) is 13.4. The van der Waals surface area contributed by atoms with E-state index in [4.69, 9.17) is 0 Å². The molecule has 0 aromatic heterocycles. The van der Waals surface area contributed by atoms with Crippen LogP contribution in [-0.4, -0.2) is 46.1 Å². The van der Waals surface area contributed by atoms with Crippen LogP contribution in [0.4, 0.5) is 4.79 Å². The fraction of sp³-hybridized carbons (Fsp3) is 0.412. The highest BCUT2D eigenvalue weighted by Gasteiger charge is 2.45. The highest BCUT2D eigenvalue weighted by molar-refractivity contribution is 6.44. The van der Waals surface area contributed by atoms with Gasteiger partial charge >= 0.3 is 17.8 Å². The minimum absolute atomic E-state index is 0.0147. The van der Waals surface area contributed by atoms with E-state index >= 15 is 0 Å². The lowest BCUT2D eigenvalue weighted by molar-refractivity contribution is -0.144. The SMILES string of the molecule is C[C@@H](NC(=O)CN1C(=O)C(=O)N(Cc2ccccc2)C1=O)C1CC1. The number of amides is 5. The Morgan fingerprint density at radius 3 is 2.38 bits per heavy atom. The summed E-state index contributed by atoms with van der Waals surface area (Å²) >= 11 is 0. The standard InChI is InChI=1S/C17H19N3O4/c1-11(13-7-8-13)18-14(21)10-20-16(23)15(22)19(17(20)24)9-12-5-3-2-4-6-12/h2-6,11,13H,7-10H2,1H3,(H,18,21)/t11-/m1/s1. The fourth-order valence-electron chi connectivity index (χ4n) is 2.75. The van der Waals surface area contributed by atoms with E-state index in [0.29, 0.717) is 10.8 Å². The molecule has 1 N–H and O–H groups in total. The molecule has 1 atom stereocenters. The van der Waals surface area contributed by atoms with Crippen molar-refractivity contribution in [2.24, 2.45) is 5.92 Å². The first-order valence-corrected chi connectivity index (χ1v) is 7.98. The molecule has 1 aromatic carbocycles. The molecule has 2 fully saturated rings. The van der Waals surface area contributed by atoms with E-state index in [1.165, 1.54) is 0 Å². The van der Waals surface area contributed by atoms with E-state index in [0.717, 1.165) is 23.3 Å². The largest absolute Gasteiger partial charge is 0.352 e. The van der Waals surface area contributed by atoms with Crippen LogP contribution in [0.2, 0.25) is 0 Å². The quantitative estimate of drug-likeness (QED) is 0.620. The number of hydrogen-bond donors (Lipinski definition) is 1. The summed E-state index contributed by atoms with van der Waals surface area (Å²) in [5, 5.41) is 2.77. The van der Waals surface area contributed by atoms with Gasteiger partial charge in [0.25, 0.3) is 0 Å². The average Bonchev–Trinajstić information content (AvgIpc) is 3.39. The van der Waals surface area contributed by atoms with Crippen molar-refractivity contribution in [1.29, 1.82) is 0 Å². The molecule has 0 radical (unpaired) electrons. The van der Waals surface area contributed by atoms with Crippen LogP contribution in [0.5, 0.6) is 0 Å². The molecule has 24 heavy (non-hydrogen) atoms. The second kappa shape index (κ2) is 6.43. The lowest BCUT2D eigenvalue weighted by Crippen LogP contribution is -2.44. The summed E-state index contributed by atoms with van der Waals surface area (Å²) in [4.78, 5) is 50.0. The number of imide groups is 2. The normalized spacial score (nSPS) is 19.0. The molecule has 0 spiro atoms. The summed E-state index contributed by atoms with van der Waals surface area (Å²) in [5.41, 5.74) is 0.737. The third kappa shape index (κ3) is 3.29. The molecule has 1 aliphatic carbocycles. The maximum Gasteiger partial charge on any atom is 0.335 e. The average molecular weight is 329 g/mol. The number of nitrogens with one attached hydrogen (secondary N) is 1. The van der Waals surface area contributed by atoms with Gasteiger partial charge in [0.2, 0.25) is 5.91 Å². The van der Waals surface area contributed by atoms with Gasteiger partial charge in [0.1, 0.15) is 6.54 Å². The molecule has 126 valence electrons. The molecule has 1 saturated carbocycles. The molecule has 0 bridgehead atoms. The fourth-order valence-corrected chi connectivity index (χ4v) is 2.75. The van der Waals surface area contributed by atoms with E-state index in [9.17, 15) is 19.2 Å². The van der Waals surface area contributed by atoms with Gasteiger partial charge in [0.15, 0.2) is 0 Å². The van der Waals surface area contributed by atoms with Crippen LogP contribution in [0, 0.1) is 5.92 Å². The molecule has 1 saturated heterocycles. The Kier molecular flexibility index (Phi) is 4.33. The second-order valence-corrected chi connectivity index (χ2v) is 6.24. The van der Waals surface area contributed by atoms with Gasteiger partial charge < -0.3 is 5.32 Å². The van der Waals surface area contributed by atoms with Crippen molar-refractivity contribution in [3.63, 3.8) is 0 Å². The molecule has 3 rings (SSSR count). The topological polar surface area (TPSA) is 86.8 Å². The second-order valence-electron chi connectivity index (χ2n) is 6.24. The van der Waals surface area contributed by atoms with Gasteiger partial charge in [-0.15, -0.1) is 0 Å². The molecular formula is C17H19N3O4. The van der Waals surface area contributed by atoms with E-state index < -0.39 is 30.3 Å². The highest BCUT2D eigenvalue weighted by Crippen LogP contribution is 2.32. The van der Waals surface area contributed by atoms with E-state index in [2.05, 4.69) is 5.32 Å². The highest BCUT2D eigenvalue weighted by atomic mass is 16.2. The molecule has 2 aliphatic rings. The van der Waals surface area contributed by atoms with Crippen LogP contribution in [0.1, 0.15) is 25.3 Å². The zero-order chi connectivity index (χ0) is 17.3. The van der Waals surface area contributed by atoms with Gasteiger partial charge in [-0.25, -0.2) is 9.69 Å². The molecule has 7 nitrogen and oxygen atoms in total. The summed E-state index contributed by atoms with van der Waals surface area (Å²) in [5.74, 6) is -1.81. The van der Waals surface area contributed by atoms with E-state index in [-0.39, 0.29) is 12.6 Å². The third-order valence-electron chi connectivity index (χ3n) is 4.34. The zero-order valence-electron chi connectivity index (χ0n) is 13.4. The van der Waals surface area contributed by atoms with Crippen LogP contribution in [-0.2, 0) is 20.9 Å². The van der Waals surface area contributed by atoms with E-state index in [1.54, 1.807) is 24.3 Å². The van der Waals surface area contributed by atoms with Crippen molar-refractivity contribution in [2.75, 3.05) is 6.54 Å². The van der Waals surface area contributed by atoms with Crippen LogP contribution in [0.3, 0.4) is 0 Å². The van der Waals surface area contributed by atoms with Gasteiger partial charge in [0.05, 0.1) is 6.54 Å². The summed E-state index contributed by atoms with van der Waals surface area (Å²) in [7, 11) is 0. The predicted octanol–water partition coefficient (Wildman–Crippen LogP) is 0.892. The van der Waals surface area contributed by atoms with Crippen LogP contribution < -0.4 is 5.32 Å². The van der Waals surface area contributed by atoms with Gasteiger partial charge in [-0.1, -0.05) is 30.3 Å². The Balaban J connectivity index is 1.64. The van der Waals surface area contributed by atoms with Gasteiger partial charge in [-0.2, -0.15) is 0 Å². The lowest BCUT2D eigenvalue weighted by atomic mass is 10.2. The number of urea groups is 1. The Bertz CT molecular complexity index is 684. The molecular weight excluding hydrogens is 310 g/mol. The molecule has 1 heterocycles. The number of carbonyl (C=O) groups is 4. The first kappa shape index (κ1) is 16.2. The van der Waals surface area contributed by atoms with Crippen molar-refractivity contribution in [2.45, 2.75) is 32.4 Å². The molecule has 7 heteroatoms. The summed E-state index contributed by atoms with van der Waals surface area (Å²) in [6, 6.07) is 8.18. The van der Waals surface area contributed by atoms with Crippen LogP contribution >= 0.6 is 0 Å². The Labute approximate surface area is 139 Å². The molecule has 5 amide bonds. The lowest BCUT2D eigenvalue weighted by Gasteiger charge is -2.17. The Hall–Kier alpha value is -2.70. The van der Waals surface area contributed by atoms with Crippen molar-refractivity contribution in [3.05, 3.63) is 35.9 Å². The van der Waals surface area contributed by atoms with Crippen molar-refractivity contribution in [1.82, 2.24) is 15.1 Å². The van der Waals surface area contributed by atoms with Crippen molar-refractivity contribution in [3.8, 4) is 0 Å². The first-order chi connectivity index (χ1) is 11.5. The number of nitrogens with zero attached hydrogens (tertiary/aromatic N) is 2. The molecule has 1 aromatic rings. The minimum Gasteiger partial charge on any atom is -0.352 e. The van der Waals surface area contributed by atoms with Crippen LogP contribution in [0.15, 0.2) is 30.3 Å². The van der Waals surface area contributed by atoms with Gasteiger partial charge in [-0.05, 0) is 31.2 Å². The predicted molar refractivity (Wildman–Crippen MR) is 84.4 cm³/mol. The summed E-state index contributed by atoms with van der Waals surface area (Å²) in [6.45, 7) is 1.49. The smallest absolute Gasteiger partial charge is 0.335 e. The minimum atomic E-state index is -0.954. The summed E-state index contributed by atoms with van der Waals surface area (Å²) in [6.07, 6.45) is 2.15. The molecule has 1 aliphatic heterocycles. The third-order valence-corrected chi connectivity index (χ3v) is 4.34. The maximum absolute atomic E-state index is 12.3. The maximum atomic E-state index is 12.3. The van der Waals surface area contributed by atoms with Crippen molar-refractivity contribution < 1.29 is 19.2 Å². The number of carbonyl (C=O) groups excluding carboxylic acids is 4.